The van der Waals surface area contributed by atoms with Crippen LogP contribution in [0.5, 0.6) is 0 Å². The highest BCUT2D eigenvalue weighted by Gasteiger charge is 2.30. The van der Waals surface area contributed by atoms with Gasteiger partial charge in [-0.2, -0.15) is 0 Å². The minimum absolute atomic E-state index is 0.0253. The van der Waals surface area contributed by atoms with Crippen molar-refractivity contribution in [2.24, 2.45) is 0 Å². The molecule has 4 heteroatoms. The van der Waals surface area contributed by atoms with Crippen molar-refractivity contribution in [3.05, 3.63) is 35.9 Å². The van der Waals surface area contributed by atoms with Gasteiger partial charge in [0.1, 0.15) is 0 Å². The van der Waals surface area contributed by atoms with Crippen LogP contribution in [0, 0.1) is 0 Å². The Labute approximate surface area is 93.1 Å². The van der Waals surface area contributed by atoms with E-state index in [-0.39, 0.29) is 17.9 Å². The lowest BCUT2D eigenvalue weighted by Gasteiger charge is -2.21. The molecule has 80 valence electrons. The van der Waals surface area contributed by atoms with Crippen molar-refractivity contribution in [2.45, 2.75) is 12.6 Å². The zero-order valence-electron chi connectivity index (χ0n) is 8.30. The zero-order chi connectivity index (χ0) is 10.7. The molecule has 1 heterocycles. The van der Waals surface area contributed by atoms with E-state index >= 15 is 0 Å². The Morgan fingerprint density at radius 1 is 1.40 bits per heavy atom. The summed E-state index contributed by atoms with van der Waals surface area (Å²) in [6, 6.07) is 9.82. The molecule has 0 saturated carbocycles. The molecular weight excluding hydrogens is 210 g/mol. The molecule has 1 saturated heterocycles. The molecule has 0 spiro atoms. The second kappa shape index (κ2) is 4.68. The summed E-state index contributed by atoms with van der Waals surface area (Å²) in [5.41, 5.74) is 1.10. The predicted molar refractivity (Wildman–Crippen MR) is 60.7 cm³/mol. The van der Waals surface area contributed by atoms with E-state index in [1.807, 2.05) is 30.3 Å². The average Bonchev–Trinajstić information content (AvgIpc) is 2.62. The molecule has 0 aliphatic carbocycles. The lowest BCUT2D eigenvalue weighted by Crippen LogP contribution is -2.35. The van der Waals surface area contributed by atoms with E-state index in [2.05, 4.69) is 0 Å². The molecule has 1 aromatic rings. The molecule has 0 aromatic heterocycles. The monoisotopic (exact) mass is 223 g/mol. The number of aliphatic hydroxyl groups excluding tert-OH is 1. The third-order valence-corrected chi connectivity index (χ3v) is 3.51. The highest BCUT2D eigenvalue weighted by atomic mass is 32.2. The number of carbonyl (C=O) groups is 1. The Hall–Kier alpha value is -1.00. The Kier molecular flexibility index (Phi) is 3.28. The van der Waals surface area contributed by atoms with Gasteiger partial charge in [0.2, 0.25) is 0 Å². The van der Waals surface area contributed by atoms with Crippen LogP contribution in [0.15, 0.2) is 30.3 Å². The number of nitrogens with zero attached hydrogens (tertiary/aromatic N) is 1. The van der Waals surface area contributed by atoms with E-state index in [0.29, 0.717) is 12.3 Å². The van der Waals surface area contributed by atoms with Crippen LogP contribution in [0.1, 0.15) is 5.56 Å². The van der Waals surface area contributed by atoms with Gasteiger partial charge in [-0.25, -0.2) is 0 Å². The van der Waals surface area contributed by atoms with Crippen LogP contribution in [-0.2, 0) is 6.54 Å². The Bertz CT molecular complexity index is 342. The molecule has 1 N–H and O–H groups in total. The topological polar surface area (TPSA) is 40.5 Å². The van der Waals surface area contributed by atoms with Gasteiger partial charge in [-0.15, -0.1) is 0 Å². The van der Waals surface area contributed by atoms with Gasteiger partial charge in [0.25, 0.3) is 5.24 Å². The number of aliphatic hydroxyl groups is 1. The minimum atomic E-state index is -0.0253. The summed E-state index contributed by atoms with van der Waals surface area (Å²) < 4.78 is 0. The van der Waals surface area contributed by atoms with Gasteiger partial charge in [-0.1, -0.05) is 42.1 Å². The van der Waals surface area contributed by atoms with E-state index < -0.39 is 0 Å². The minimum Gasteiger partial charge on any atom is -0.394 e. The molecule has 1 aliphatic rings. The third-order valence-electron chi connectivity index (χ3n) is 2.48. The molecule has 0 radical (unpaired) electrons. The van der Waals surface area contributed by atoms with Crippen LogP contribution in [0.3, 0.4) is 0 Å². The fourth-order valence-electron chi connectivity index (χ4n) is 1.61. The molecule has 0 bridgehead atoms. The molecule has 1 atom stereocenters. The van der Waals surface area contributed by atoms with Crippen molar-refractivity contribution in [1.29, 1.82) is 0 Å². The van der Waals surface area contributed by atoms with Gasteiger partial charge in [0, 0.05) is 12.3 Å². The van der Waals surface area contributed by atoms with Crippen LogP contribution >= 0.6 is 11.8 Å². The van der Waals surface area contributed by atoms with Crippen molar-refractivity contribution >= 4 is 17.0 Å². The molecule has 0 unspecified atom stereocenters. The van der Waals surface area contributed by atoms with Crippen LogP contribution in [0.4, 0.5) is 4.79 Å². The number of rotatable bonds is 3. The van der Waals surface area contributed by atoms with Crippen molar-refractivity contribution in [2.75, 3.05) is 12.4 Å². The van der Waals surface area contributed by atoms with Crippen molar-refractivity contribution in [3.8, 4) is 0 Å². The van der Waals surface area contributed by atoms with Gasteiger partial charge in [0.15, 0.2) is 0 Å². The summed E-state index contributed by atoms with van der Waals surface area (Å²) in [6.07, 6.45) is 0. The molecule has 3 nitrogen and oxygen atoms in total. The second-order valence-corrected chi connectivity index (χ2v) is 4.50. The van der Waals surface area contributed by atoms with Crippen LogP contribution < -0.4 is 0 Å². The maximum absolute atomic E-state index is 11.5. The average molecular weight is 223 g/mol. The summed E-state index contributed by atoms with van der Waals surface area (Å²) >= 11 is 1.28. The van der Waals surface area contributed by atoms with Gasteiger partial charge in [-0.3, -0.25) is 4.79 Å². The molecule has 2 rings (SSSR count). The van der Waals surface area contributed by atoms with E-state index in [0.717, 1.165) is 5.56 Å². The lowest BCUT2D eigenvalue weighted by atomic mass is 10.2. The summed E-state index contributed by atoms with van der Waals surface area (Å²) in [4.78, 5) is 13.3. The van der Waals surface area contributed by atoms with E-state index in [9.17, 15) is 4.79 Å². The van der Waals surface area contributed by atoms with Gasteiger partial charge in [-0.05, 0) is 5.56 Å². The second-order valence-electron chi connectivity index (χ2n) is 3.53. The summed E-state index contributed by atoms with van der Waals surface area (Å²) in [6.45, 7) is 0.642. The molecule has 1 fully saturated rings. The first-order chi connectivity index (χ1) is 7.31. The Morgan fingerprint density at radius 2 is 2.13 bits per heavy atom. The van der Waals surface area contributed by atoms with E-state index in [1.54, 1.807) is 4.90 Å². The predicted octanol–water partition coefficient (Wildman–Crippen LogP) is 1.72. The number of benzene rings is 1. The van der Waals surface area contributed by atoms with E-state index in [4.69, 9.17) is 5.11 Å². The van der Waals surface area contributed by atoms with E-state index in [1.165, 1.54) is 11.8 Å². The van der Waals surface area contributed by atoms with Crippen LogP contribution in [0.2, 0.25) is 0 Å². The number of thioether (sulfide) groups is 1. The quantitative estimate of drug-likeness (QED) is 0.848. The number of amides is 1. The van der Waals surface area contributed by atoms with Crippen LogP contribution in [-0.4, -0.2) is 33.6 Å². The first-order valence-corrected chi connectivity index (χ1v) is 5.88. The number of hydrogen-bond acceptors (Lipinski definition) is 3. The number of hydrogen-bond donors (Lipinski definition) is 1. The fourth-order valence-corrected chi connectivity index (χ4v) is 2.61. The normalized spacial score (nSPS) is 21.0. The zero-order valence-corrected chi connectivity index (χ0v) is 9.11. The van der Waals surface area contributed by atoms with Gasteiger partial charge in [0.05, 0.1) is 12.6 Å². The molecule has 1 aromatic carbocycles. The smallest absolute Gasteiger partial charge is 0.282 e. The summed E-state index contributed by atoms with van der Waals surface area (Å²) in [5.74, 6) is 0.697. The SMILES string of the molecule is O=C1SC[C@@H](CO)N1Cc1ccccc1. The first kappa shape index (κ1) is 10.5. The Morgan fingerprint density at radius 3 is 2.80 bits per heavy atom. The third kappa shape index (κ3) is 2.33. The number of carbonyl (C=O) groups excluding carboxylic acids is 1. The fraction of sp³-hybridized carbons (Fsp3) is 0.364. The van der Waals surface area contributed by atoms with Gasteiger partial charge >= 0.3 is 0 Å². The largest absolute Gasteiger partial charge is 0.394 e. The standard InChI is InChI=1S/C11H13NO2S/c13-7-10-8-15-11(14)12(10)6-9-4-2-1-3-5-9/h1-5,10,13H,6-8H2/t10-/m1/s1. The van der Waals surface area contributed by atoms with Crippen molar-refractivity contribution < 1.29 is 9.90 Å². The van der Waals surface area contributed by atoms with Crippen molar-refractivity contribution in [1.82, 2.24) is 4.90 Å². The lowest BCUT2D eigenvalue weighted by molar-refractivity contribution is 0.162. The molecule has 15 heavy (non-hydrogen) atoms. The van der Waals surface area contributed by atoms with Crippen LogP contribution in [0.25, 0.3) is 0 Å². The highest BCUT2D eigenvalue weighted by Crippen LogP contribution is 2.25. The molecular formula is C11H13NO2S. The maximum Gasteiger partial charge on any atom is 0.282 e. The maximum atomic E-state index is 11.5. The summed E-state index contributed by atoms with van der Waals surface area (Å²) in [5, 5.41) is 9.19. The Balaban J connectivity index is 2.07. The van der Waals surface area contributed by atoms with Crippen molar-refractivity contribution in [3.63, 3.8) is 0 Å². The first-order valence-electron chi connectivity index (χ1n) is 4.89. The molecule has 1 aliphatic heterocycles. The highest BCUT2D eigenvalue weighted by molar-refractivity contribution is 8.13. The molecule has 1 amide bonds. The summed E-state index contributed by atoms with van der Waals surface area (Å²) in [7, 11) is 0. The van der Waals surface area contributed by atoms with Gasteiger partial charge < -0.3 is 10.0 Å².